The van der Waals surface area contributed by atoms with E-state index < -0.39 is 0 Å². The van der Waals surface area contributed by atoms with E-state index in [-0.39, 0.29) is 0 Å². The second-order valence-electron chi connectivity index (χ2n) is 6.69. The Morgan fingerprint density at radius 1 is 1.33 bits per heavy atom. The number of hydrogen-bond donors (Lipinski definition) is 1. The van der Waals surface area contributed by atoms with Crippen molar-refractivity contribution in [1.82, 2.24) is 25.5 Å². The zero-order valence-corrected chi connectivity index (χ0v) is 11.0. The summed E-state index contributed by atoms with van der Waals surface area (Å²) in [5, 5.41) is 16.2. The van der Waals surface area contributed by atoms with Gasteiger partial charge in [-0.3, -0.25) is 0 Å². The Morgan fingerprint density at radius 3 is 2.72 bits per heavy atom. The highest BCUT2D eigenvalue weighted by molar-refractivity contribution is 5.07. The minimum atomic E-state index is 0.416. The molecule has 1 aromatic heterocycles. The molecule has 3 saturated carbocycles. The van der Waals surface area contributed by atoms with Gasteiger partial charge in [-0.15, -0.1) is 10.2 Å². The average molecular weight is 247 g/mol. The molecule has 0 radical (unpaired) electrons. The van der Waals surface area contributed by atoms with E-state index in [2.05, 4.69) is 20.7 Å². The van der Waals surface area contributed by atoms with Crippen LogP contribution in [-0.4, -0.2) is 32.8 Å². The Kier molecular flexibility index (Phi) is 2.28. The monoisotopic (exact) mass is 247 g/mol. The van der Waals surface area contributed by atoms with Gasteiger partial charge >= 0.3 is 0 Å². The minimum absolute atomic E-state index is 0.416. The quantitative estimate of drug-likeness (QED) is 0.840. The zero-order chi connectivity index (χ0) is 12.2. The first-order valence-electron chi connectivity index (χ1n) is 7.19. The van der Waals surface area contributed by atoms with Gasteiger partial charge in [0.15, 0.2) is 5.82 Å². The predicted octanol–water partition coefficient (Wildman–Crippen LogP) is 0.921. The zero-order valence-electron chi connectivity index (χ0n) is 11.0. The van der Waals surface area contributed by atoms with Crippen molar-refractivity contribution < 1.29 is 0 Å². The first kappa shape index (κ1) is 10.9. The third-order valence-electron chi connectivity index (χ3n) is 4.89. The summed E-state index contributed by atoms with van der Waals surface area (Å²) >= 11 is 0. The van der Waals surface area contributed by atoms with Crippen molar-refractivity contribution in [2.24, 2.45) is 24.3 Å². The van der Waals surface area contributed by atoms with Crippen LogP contribution in [0.2, 0.25) is 0 Å². The summed E-state index contributed by atoms with van der Waals surface area (Å²) in [5.41, 5.74) is 0.416. The molecular formula is C13H21N5. The molecule has 2 atom stereocenters. The van der Waals surface area contributed by atoms with Crippen LogP contribution in [0.4, 0.5) is 0 Å². The molecule has 0 amide bonds. The minimum Gasteiger partial charge on any atom is -0.313 e. The van der Waals surface area contributed by atoms with Gasteiger partial charge in [0.05, 0.1) is 7.05 Å². The summed E-state index contributed by atoms with van der Waals surface area (Å²) in [6, 6.07) is 0.800. The molecule has 1 aromatic rings. The first-order chi connectivity index (χ1) is 8.72. The van der Waals surface area contributed by atoms with Gasteiger partial charge in [0, 0.05) is 19.0 Å². The highest BCUT2D eigenvalue weighted by Gasteiger charge is 2.54. The predicted molar refractivity (Wildman–Crippen MR) is 66.8 cm³/mol. The molecule has 3 fully saturated rings. The largest absolute Gasteiger partial charge is 0.313 e. The van der Waals surface area contributed by atoms with Crippen LogP contribution in [0.15, 0.2) is 0 Å². The van der Waals surface area contributed by atoms with Crippen LogP contribution < -0.4 is 5.32 Å². The van der Waals surface area contributed by atoms with Gasteiger partial charge in [0.1, 0.15) is 0 Å². The number of hydrogen-bond acceptors (Lipinski definition) is 4. The lowest BCUT2D eigenvalue weighted by molar-refractivity contribution is 0.242. The van der Waals surface area contributed by atoms with E-state index in [0.717, 1.165) is 36.7 Å². The van der Waals surface area contributed by atoms with E-state index in [0.29, 0.717) is 5.41 Å². The molecule has 18 heavy (non-hydrogen) atoms. The van der Waals surface area contributed by atoms with E-state index in [4.69, 9.17) is 0 Å². The molecule has 4 rings (SSSR count). The van der Waals surface area contributed by atoms with E-state index in [9.17, 15) is 0 Å². The maximum atomic E-state index is 4.37. The summed E-state index contributed by atoms with van der Waals surface area (Å²) in [7, 11) is 1.84. The standard InChI is InChI=1S/C13H21N5/c1-18-16-12(15-17-18)7-13(8-14-11-2-3-11)5-9-4-10(9)6-13/h9-11,14H,2-8H2,1H3. The van der Waals surface area contributed by atoms with Crippen LogP contribution in [0.3, 0.4) is 0 Å². The third kappa shape index (κ3) is 2.05. The lowest BCUT2D eigenvalue weighted by Crippen LogP contribution is -2.36. The molecule has 5 nitrogen and oxygen atoms in total. The van der Waals surface area contributed by atoms with Crippen LogP contribution in [0.1, 0.15) is 37.9 Å². The summed E-state index contributed by atoms with van der Waals surface area (Å²) in [6.45, 7) is 1.16. The van der Waals surface area contributed by atoms with Crippen molar-refractivity contribution in [3.63, 3.8) is 0 Å². The van der Waals surface area contributed by atoms with Gasteiger partial charge in [-0.2, -0.15) is 4.80 Å². The Morgan fingerprint density at radius 2 is 2.11 bits per heavy atom. The summed E-state index contributed by atoms with van der Waals surface area (Å²) in [4.78, 5) is 1.58. The topological polar surface area (TPSA) is 55.6 Å². The Bertz CT molecular complexity index is 440. The maximum Gasteiger partial charge on any atom is 0.175 e. The normalized spacial score (nSPS) is 37.8. The van der Waals surface area contributed by atoms with Crippen molar-refractivity contribution in [3.05, 3.63) is 5.82 Å². The number of nitrogens with one attached hydrogen (secondary N) is 1. The Hall–Kier alpha value is -0.970. The second-order valence-corrected chi connectivity index (χ2v) is 6.69. The smallest absolute Gasteiger partial charge is 0.175 e. The molecule has 0 aliphatic heterocycles. The highest BCUT2D eigenvalue weighted by Crippen LogP contribution is 2.60. The molecule has 5 heteroatoms. The van der Waals surface area contributed by atoms with Gasteiger partial charge in [-0.05, 0) is 54.6 Å². The van der Waals surface area contributed by atoms with E-state index in [1.54, 1.807) is 4.80 Å². The third-order valence-corrected chi connectivity index (χ3v) is 4.89. The van der Waals surface area contributed by atoms with Gasteiger partial charge in [-0.1, -0.05) is 0 Å². The summed E-state index contributed by atoms with van der Waals surface area (Å²) in [6.07, 6.45) is 7.95. The van der Waals surface area contributed by atoms with Crippen molar-refractivity contribution in [1.29, 1.82) is 0 Å². The fraction of sp³-hybridized carbons (Fsp3) is 0.923. The van der Waals surface area contributed by atoms with E-state index >= 15 is 0 Å². The number of tetrazole rings is 1. The van der Waals surface area contributed by atoms with Crippen LogP contribution in [0.25, 0.3) is 0 Å². The van der Waals surface area contributed by atoms with Crippen molar-refractivity contribution >= 4 is 0 Å². The molecule has 98 valence electrons. The van der Waals surface area contributed by atoms with E-state index in [1.165, 1.54) is 32.1 Å². The molecule has 0 bridgehead atoms. The number of aromatic nitrogens is 4. The van der Waals surface area contributed by atoms with Gasteiger partial charge in [-0.25, -0.2) is 0 Å². The molecule has 0 aromatic carbocycles. The van der Waals surface area contributed by atoms with Crippen LogP contribution in [-0.2, 0) is 13.5 Å². The van der Waals surface area contributed by atoms with Gasteiger partial charge < -0.3 is 5.32 Å². The molecule has 1 N–H and O–H groups in total. The fourth-order valence-electron chi connectivity index (χ4n) is 3.74. The molecule has 2 unspecified atom stereocenters. The second kappa shape index (κ2) is 3.76. The molecule has 0 saturated heterocycles. The molecule has 3 aliphatic carbocycles. The number of rotatable bonds is 5. The summed E-state index contributed by atoms with van der Waals surface area (Å²) in [5.74, 6) is 2.93. The number of nitrogens with zero attached hydrogens (tertiary/aromatic N) is 4. The molecular weight excluding hydrogens is 226 g/mol. The van der Waals surface area contributed by atoms with Crippen molar-refractivity contribution in [2.75, 3.05) is 6.54 Å². The van der Waals surface area contributed by atoms with Gasteiger partial charge in [0.2, 0.25) is 0 Å². The maximum absolute atomic E-state index is 4.37. The fourth-order valence-corrected chi connectivity index (χ4v) is 3.74. The molecule has 1 heterocycles. The average Bonchev–Trinajstić information content (AvgIpc) is 3.23. The Balaban J connectivity index is 1.47. The highest BCUT2D eigenvalue weighted by atomic mass is 15.6. The van der Waals surface area contributed by atoms with Crippen molar-refractivity contribution in [3.8, 4) is 0 Å². The van der Waals surface area contributed by atoms with Crippen LogP contribution in [0.5, 0.6) is 0 Å². The first-order valence-corrected chi connectivity index (χ1v) is 7.19. The lowest BCUT2D eigenvalue weighted by Gasteiger charge is -2.30. The summed E-state index contributed by atoms with van der Waals surface area (Å²) < 4.78 is 0. The molecule has 0 spiro atoms. The molecule has 3 aliphatic rings. The van der Waals surface area contributed by atoms with Crippen molar-refractivity contribution in [2.45, 2.75) is 44.6 Å². The Labute approximate surface area is 107 Å². The lowest BCUT2D eigenvalue weighted by atomic mass is 9.79. The van der Waals surface area contributed by atoms with Crippen LogP contribution in [0, 0.1) is 17.3 Å². The van der Waals surface area contributed by atoms with E-state index in [1.807, 2.05) is 7.05 Å². The number of aryl methyl sites for hydroxylation is 1. The van der Waals surface area contributed by atoms with Gasteiger partial charge in [0.25, 0.3) is 0 Å². The number of fused-ring (bicyclic) bond motifs is 1. The van der Waals surface area contributed by atoms with Crippen LogP contribution >= 0.6 is 0 Å². The SMILES string of the molecule is Cn1nnc(CC2(CNC3CC3)CC3CC3C2)n1.